The van der Waals surface area contributed by atoms with E-state index in [1.54, 1.807) is 30.3 Å². The quantitative estimate of drug-likeness (QED) is 0.338. The van der Waals surface area contributed by atoms with Crippen LogP contribution in [-0.4, -0.2) is 20.7 Å². The molecule has 4 rings (SSSR count). The third-order valence-corrected chi connectivity index (χ3v) is 4.96. The summed E-state index contributed by atoms with van der Waals surface area (Å²) in [4.78, 5) is 38.4. The number of benzene rings is 3. The molecule has 1 aromatic heterocycles. The highest BCUT2D eigenvalue weighted by Gasteiger charge is 2.26. The molecule has 0 bridgehead atoms. The number of nitrogens with one attached hydrogen (secondary N) is 1. The largest absolute Gasteiger partial charge is 0.436 e. The molecule has 1 amide bonds. The zero-order valence-corrected chi connectivity index (χ0v) is 17.0. The van der Waals surface area contributed by atoms with Crippen LogP contribution < -0.4 is 5.32 Å². The van der Waals surface area contributed by atoms with Gasteiger partial charge in [-0.15, -0.1) is 0 Å². The third-order valence-electron chi connectivity index (χ3n) is 4.96. The molecule has 0 saturated carbocycles. The molecule has 10 heteroatoms. The summed E-state index contributed by atoms with van der Waals surface area (Å²) < 4.78 is 5.81. The van der Waals surface area contributed by atoms with Gasteiger partial charge in [0.25, 0.3) is 17.3 Å². The average Bonchev–Trinajstić information content (AvgIpc) is 3.16. The Bertz CT molecular complexity index is 1370. The molecule has 1 heterocycles. The van der Waals surface area contributed by atoms with Crippen molar-refractivity contribution in [3.05, 3.63) is 91.5 Å². The number of hydrogen-bond donors (Lipinski definition) is 1. The molecule has 0 atom stereocenters. The van der Waals surface area contributed by atoms with Gasteiger partial charge in [0.15, 0.2) is 5.58 Å². The fraction of sp³-hybridized carbons (Fsp3) is 0.0909. The van der Waals surface area contributed by atoms with Gasteiger partial charge in [0.1, 0.15) is 11.1 Å². The summed E-state index contributed by atoms with van der Waals surface area (Å²) in [6.07, 6.45) is 0. The second kappa shape index (κ2) is 7.91. The number of oxazole rings is 1. The van der Waals surface area contributed by atoms with Gasteiger partial charge < -0.3 is 9.73 Å². The highest BCUT2D eigenvalue weighted by molar-refractivity contribution is 6.07. The summed E-state index contributed by atoms with van der Waals surface area (Å²) in [6, 6.07) is 14.3. The van der Waals surface area contributed by atoms with Crippen molar-refractivity contribution in [3.8, 4) is 11.5 Å². The van der Waals surface area contributed by atoms with Crippen molar-refractivity contribution in [1.82, 2.24) is 4.98 Å². The van der Waals surface area contributed by atoms with Gasteiger partial charge in [-0.3, -0.25) is 25.0 Å². The van der Waals surface area contributed by atoms with Crippen molar-refractivity contribution < 1.29 is 19.1 Å². The maximum Gasteiger partial charge on any atom is 0.279 e. The fourth-order valence-electron chi connectivity index (χ4n) is 3.32. The third kappa shape index (κ3) is 3.76. The maximum absolute atomic E-state index is 12.9. The fourth-order valence-corrected chi connectivity index (χ4v) is 3.32. The first-order valence-corrected chi connectivity index (χ1v) is 9.46. The van der Waals surface area contributed by atoms with Crippen molar-refractivity contribution in [3.63, 3.8) is 0 Å². The van der Waals surface area contributed by atoms with E-state index in [0.29, 0.717) is 22.4 Å². The van der Waals surface area contributed by atoms with Gasteiger partial charge in [0.05, 0.1) is 26.7 Å². The highest BCUT2D eigenvalue weighted by atomic mass is 16.6. The Morgan fingerprint density at radius 1 is 0.969 bits per heavy atom. The van der Waals surface area contributed by atoms with Gasteiger partial charge in [0, 0.05) is 12.1 Å². The van der Waals surface area contributed by atoms with Gasteiger partial charge in [0.2, 0.25) is 5.89 Å². The number of anilines is 1. The molecule has 0 fully saturated rings. The lowest BCUT2D eigenvalue weighted by Gasteiger charge is -2.09. The number of nitro groups is 2. The first kappa shape index (κ1) is 20.7. The second-order valence-corrected chi connectivity index (χ2v) is 7.14. The summed E-state index contributed by atoms with van der Waals surface area (Å²) in [5.74, 6) is -0.460. The number of aromatic nitrogens is 1. The van der Waals surface area contributed by atoms with E-state index < -0.39 is 27.1 Å². The number of nitrogens with zero attached hydrogens (tertiary/aromatic N) is 3. The number of amides is 1. The van der Waals surface area contributed by atoms with Gasteiger partial charge in [-0.05, 0) is 43.7 Å². The molecule has 1 N–H and O–H groups in total. The Labute approximate surface area is 180 Å². The molecule has 4 aromatic rings. The lowest BCUT2D eigenvalue weighted by molar-refractivity contribution is -0.395. The van der Waals surface area contributed by atoms with E-state index in [9.17, 15) is 25.0 Å². The van der Waals surface area contributed by atoms with Crippen LogP contribution in [0.2, 0.25) is 0 Å². The van der Waals surface area contributed by atoms with Crippen molar-refractivity contribution in [2.24, 2.45) is 0 Å². The molecule has 0 aliphatic rings. The summed E-state index contributed by atoms with van der Waals surface area (Å²) >= 11 is 0. The molecule has 0 aliphatic heterocycles. The highest BCUT2D eigenvalue weighted by Crippen LogP contribution is 2.32. The maximum atomic E-state index is 12.9. The molecule has 0 saturated heterocycles. The summed E-state index contributed by atoms with van der Waals surface area (Å²) in [5.41, 5.74) is 1.73. The lowest BCUT2D eigenvalue weighted by Crippen LogP contribution is -2.14. The van der Waals surface area contributed by atoms with Crippen molar-refractivity contribution in [2.75, 3.05) is 5.32 Å². The molecule has 0 aliphatic carbocycles. The summed E-state index contributed by atoms with van der Waals surface area (Å²) in [6.45, 7) is 3.20. The standard InChI is InChI=1S/C22H16N4O6/c1-12-7-8-20-17(9-12)24-22(32-20)15-5-3-4-6-16(15)23-21(27)14-10-18(25(28)29)13(2)19(11-14)26(30)31/h3-11H,1-2H3,(H,23,27). The minimum Gasteiger partial charge on any atom is -0.436 e. The van der Waals surface area contributed by atoms with Crippen molar-refractivity contribution in [1.29, 1.82) is 0 Å². The number of hydrogen-bond acceptors (Lipinski definition) is 7. The molecular formula is C22H16N4O6. The van der Waals surface area contributed by atoms with Crippen LogP contribution in [0, 0.1) is 34.1 Å². The zero-order valence-electron chi connectivity index (χ0n) is 17.0. The van der Waals surface area contributed by atoms with Crippen LogP contribution in [0.4, 0.5) is 17.1 Å². The number of rotatable bonds is 5. The second-order valence-electron chi connectivity index (χ2n) is 7.14. The van der Waals surface area contributed by atoms with Crippen molar-refractivity contribution >= 4 is 34.1 Å². The normalized spacial score (nSPS) is 10.8. The summed E-state index contributed by atoms with van der Waals surface area (Å²) in [5, 5.41) is 25.3. The minimum atomic E-state index is -0.757. The van der Waals surface area contributed by atoms with E-state index in [2.05, 4.69) is 10.3 Å². The van der Waals surface area contributed by atoms with Crippen LogP contribution in [0.5, 0.6) is 0 Å². The molecule has 160 valence electrons. The van der Waals surface area contributed by atoms with Crippen LogP contribution in [0.3, 0.4) is 0 Å². The zero-order chi connectivity index (χ0) is 23.0. The monoisotopic (exact) mass is 432 g/mol. The SMILES string of the molecule is Cc1ccc2oc(-c3ccccc3NC(=O)c3cc([N+](=O)[O-])c(C)c([N+](=O)[O-])c3)nc2c1. The molecule has 10 nitrogen and oxygen atoms in total. The van der Waals surface area contributed by atoms with Crippen LogP contribution in [-0.2, 0) is 0 Å². The molecule has 0 radical (unpaired) electrons. The average molecular weight is 432 g/mol. The van der Waals surface area contributed by atoms with E-state index in [0.717, 1.165) is 17.7 Å². The van der Waals surface area contributed by atoms with E-state index in [4.69, 9.17) is 4.42 Å². The lowest BCUT2D eigenvalue weighted by atomic mass is 10.1. The number of para-hydroxylation sites is 1. The molecular weight excluding hydrogens is 416 g/mol. The van der Waals surface area contributed by atoms with Gasteiger partial charge in [-0.2, -0.15) is 0 Å². The van der Waals surface area contributed by atoms with Crippen LogP contribution in [0.25, 0.3) is 22.6 Å². The van der Waals surface area contributed by atoms with Gasteiger partial charge in [-0.25, -0.2) is 4.98 Å². The number of fused-ring (bicyclic) bond motifs is 1. The number of carbonyl (C=O) groups excluding carboxylic acids is 1. The molecule has 0 spiro atoms. The van der Waals surface area contributed by atoms with Crippen LogP contribution in [0.1, 0.15) is 21.5 Å². The Morgan fingerprint density at radius 2 is 1.62 bits per heavy atom. The van der Waals surface area contributed by atoms with Crippen molar-refractivity contribution in [2.45, 2.75) is 13.8 Å². The van der Waals surface area contributed by atoms with E-state index >= 15 is 0 Å². The van der Waals surface area contributed by atoms with E-state index in [1.807, 2.05) is 19.1 Å². The first-order chi connectivity index (χ1) is 15.2. The Kier molecular flexibility index (Phi) is 5.11. The predicted molar refractivity (Wildman–Crippen MR) is 117 cm³/mol. The van der Waals surface area contributed by atoms with E-state index in [-0.39, 0.29) is 17.0 Å². The number of carbonyl (C=O) groups is 1. The molecule has 3 aromatic carbocycles. The number of nitro benzene ring substituents is 2. The Balaban J connectivity index is 1.73. The predicted octanol–water partition coefficient (Wildman–Crippen LogP) is 5.18. The minimum absolute atomic E-state index is 0.126. The first-order valence-electron chi connectivity index (χ1n) is 9.46. The smallest absolute Gasteiger partial charge is 0.279 e. The van der Waals surface area contributed by atoms with E-state index in [1.165, 1.54) is 6.92 Å². The summed E-state index contributed by atoms with van der Waals surface area (Å²) in [7, 11) is 0. The van der Waals surface area contributed by atoms with Crippen LogP contribution in [0.15, 0.2) is 59.0 Å². The van der Waals surface area contributed by atoms with Gasteiger partial charge in [-0.1, -0.05) is 18.2 Å². The van der Waals surface area contributed by atoms with Gasteiger partial charge >= 0.3 is 0 Å². The Morgan fingerprint density at radius 3 is 2.28 bits per heavy atom. The molecule has 0 unspecified atom stereocenters. The Hall–Kier alpha value is -4.60. The molecule has 32 heavy (non-hydrogen) atoms. The van der Waals surface area contributed by atoms with Crippen LogP contribution >= 0.6 is 0 Å². The topological polar surface area (TPSA) is 141 Å². The number of aryl methyl sites for hydroxylation is 1.